The van der Waals surface area contributed by atoms with E-state index in [4.69, 9.17) is 5.26 Å². The van der Waals surface area contributed by atoms with Gasteiger partial charge < -0.3 is 4.90 Å². The lowest BCUT2D eigenvalue weighted by Gasteiger charge is -2.40. The second-order valence-corrected chi connectivity index (χ2v) is 4.55. The molecule has 0 aliphatic carbocycles. The van der Waals surface area contributed by atoms with Gasteiger partial charge in [-0.05, 0) is 45.2 Å². The number of aromatic nitrogens is 1. The average molecular weight is 215 g/mol. The highest BCUT2D eigenvalue weighted by atomic mass is 15.2. The first-order valence-electron chi connectivity index (χ1n) is 5.87. The zero-order valence-corrected chi connectivity index (χ0v) is 9.85. The summed E-state index contributed by atoms with van der Waals surface area (Å²) in [6, 6.07) is 6.99. The summed E-state index contributed by atoms with van der Waals surface area (Å²) in [6.45, 7) is 4.49. The number of nitrogens with zero attached hydrogens (tertiary/aromatic N) is 3. The molecule has 2 heterocycles. The number of pyridine rings is 1. The van der Waals surface area contributed by atoms with Gasteiger partial charge in [-0.1, -0.05) is 0 Å². The number of hydrogen-bond donors (Lipinski definition) is 0. The maximum Gasteiger partial charge on any atom is 0.129 e. The first kappa shape index (κ1) is 10.9. The van der Waals surface area contributed by atoms with Crippen LogP contribution in [0, 0.1) is 11.3 Å². The number of piperidine rings is 1. The number of rotatable bonds is 1. The maximum absolute atomic E-state index is 8.74. The highest BCUT2D eigenvalue weighted by Gasteiger charge is 2.25. The summed E-state index contributed by atoms with van der Waals surface area (Å²) in [5.41, 5.74) is 0.626. The predicted octanol–water partition coefficient (Wildman–Crippen LogP) is 2.72. The molecule has 1 aliphatic rings. The van der Waals surface area contributed by atoms with Crippen molar-refractivity contribution in [3.8, 4) is 6.07 Å². The molecule has 3 nitrogen and oxygen atoms in total. The maximum atomic E-state index is 8.74. The normalized spacial score (nSPS) is 25.2. The SMILES string of the molecule is CC1CCCC(C)N1c1ccc(C#N)cn1. The van der Waals surface area contributed by atoms with Crippen LogP contribution in [0.5, 0.6) is 0 Å². The second kappa shape index (κ2) is 4.52. The lowest BCUT2D eigenvalue weighted by molar-refractivity contribution is 0.411. The third kappa shape index (κ3) is 2.01. The number of nitriles is 1. The van der Waals surface area contributed by atoms with Gasteiger partial charge in [-0.3, -0.25) is 0 Å². The van der Waals surface area contributed by atoms with Crippen molar-refractivity contribution >= 4 is 5.82 Å². The van der Waals surface area contributed by atoms with E-state index in [1.165, 1.54) is 19.3 Å². The Morgan fingerprint density at radius 3 is 2.50 bits per heavy atom. The second-order valence-electron chi connectivity index (χ2n) is 4.55. The van der Waals surface area contributed by atoms with E-state index in [0.717, 1.165) is 5.82 Å². The molecule has 3 heteroatoms. The van der Waals surface area contributed by atoms with Gasteiger partial charge in [0, 0.05) is 18.3 Å². The molecule has 1 saturated heterocycles. The van der Waals surface area contributed by atoms with Crippen LogP contribution >= 0.6 is 0 Å². The summed E-state index contributed by atoms with van der Waals surface area (Å²) in [4.78, 5) is 6.74. The zero-order chi connectivity index (χ0) is 11.5. The molecule has 1 fully saturated rings. The van der Waals surface area contributed by atoms with Crippen LogP contribution in [0.15, 0.2) is 18.3 Å². The molecule has 2 unspecified atom stereocenters. The predicted molar refractivity (Wildman–Crippen MR) is 64.2 cm³/mol. The fourth-order valence-electron chi connectivity index (χ4n) is 2.48. The van der Waals surface area contributed by atoms with Crippen LogP contribution in [-0.4, -0.2) is 17.1 Å². The van der Waals surface area contributed by atoms with Crippen molar-refractivity contribution in [2.24, 2.45) is 0 Å². The fourth-order valence-corrected chi connectivity index (χ4v) is 2.48. The van der Waals surface area contributed by atoms with Crippen molar-refractivity contribution in [2.45, 2.75) is 45.2 Å². The highest BCUT2D eigenvalue weighted by Crippen LogP contribution is 2.27. The summed E-state index contributed by atoms with van der Waals surface area (Å²) in [5.74, 6) is 0.999. The summed E-state index contributed by atoms with van der Waals surface area (Å²) in [7, 11) is 0. The molecule has 1 aromatic heterocycles. The molecule has 0 saturated carbocycles. The van der Waals surface area contributed by atoms with E-state index in [9.17, 15) is 0 Å². The van der Waals surface area contributed by atoms with E-state index >= 15 is 0 Å². The van der Waals surface area contributed by atoms with Gasteiger partial charge in [0.1, 0.15) is 11.9 Å². The van der Waals surface area contributed by atoms with E-state index in [1.807, 2.05) is 12.1 Å². The van der Waals surface area contributed by atoms with Crippen LogP contribution < -0.4 is 4.90 Å². The minimum absolute atomic E-state index is 0.546. The molecular weight excluding hydrogens is 198 g/mol. The summed E-state index contributed by atoms with van der Waals surface area (Å²) in [6.07, 6.45) is 5.41. The van der Waals surface area contributed by atoms with Gasteiger partial charge in [-0.2, -0.15) is 5.26 Å². The Balaban J connectivity index is 2.24. The molecule has 1 aromatic rings. The Morgan fingerprint density at radius 1 is 1.31 bits per heavy atom. The Morgan fingerprint density at radius 2 is 2.00 bits per heavy atom. The number of hydrogen-bond acceptors (Lipinski definition) is 3. The third-order valence-corrected chi connectivity index (χ3v) is 3.34. The average Bonchev–Trinajstić information content (AvgIpc) is 2.30. The third-order valence-electron chi connectivity index (χ3n) is 3.34. The van der Waals surface area contributed by atoms with E-state index in [-0.39, 0.29) is 0 Å². The van der Waals surface area contributed by atoms with E-state index in [2.05, 4.69) is 29.8 Å². The molecule has 1 aliphatic heterocycles. The van der Waals surface area contributed by atoms with Crippen molar-refractivity contribution in [3.05, 3.63) is 23.9 Å². The lowest BCUT2D eigenvalue weighted by Crippen LogP contribution is -2.44. The van der Waals surface area contributed by atoms with Crippen LogP contribution in [0.1, 0.15) is 38.7 Å². The molecule has 0 aromatic carbocycles. The Bertz CT molecular complexity index is 381. The van der Waals surface area contributed by atoms with Crippen molar-refractivity contribution in [1.29, 1.82) is 5.26 Å². The Labute approximate surface area is 96.7 Å². The molecule has 2 atom stereocenters. The Hall–Kier alpha value is -1.56. The van der Waals surface area contributed by atoms with Gasteiger partial charge in [-0.25, -0.2) is 4.98 Å². The van der Waals surface area contributed by atoms with Crippen LogP contribution in [-0.2, 0) is 0 Å². The molecule has 0 bridgehead atoms. The smallest absolute Gasteiger partial charge is 0.129 e. The van der Waals surface area contributed by atoms with Gasteiger partial charge in [0.05, 0.1) is 5.56 Å². The topological polar surface area (TPSA) is 39.9 Å². The molecule has 16 heavy (non-hydrogen) atoms. The van der Waals surface area contributed by atoms with Gasteiger partial charge >= 0.3 is 0 Å². The molecule has 0 N–H and O–H groups in total. The lowest BCUT2D eigenvalue weighted by atomic mass is 9.97. The minimum atomic E-state index is 0.546. The van der Waals surface area contributed by atoms with Crippen molar-refractivity contribution < 1.29 is 0 Å². The number of anilines is 1. The molecule has 0 amide bonds. The monoisotopic (exact) mass is 215 g/mol. The van der Waals surface area contributed by atoms with Gasteiger partial charge in [0.2, 0.25) is 0 Å². The standard InChI is InChI=1S/C13H17N3/c1-10-4-3-5-11(2)16(10)13-7-6-12(8-14)9-15-13/h6-7,9-11H,3-5H2,1-2H3. The molecule has 84 valence electrons. The van der Waals surface area contributed by atoms with Crippen molar-refractivity contribution in [3.63, 3.8) is 0 Å². The van der Waals surface area contributed by atoms with Crippen LogP contribution in [0.3, 0.4) is 0 Å². The first-order chi connectivity index (χ1) is 7.72. The molecule has 0 radical (unpaired) electrons. The Kier molecular flexibility index (Phi) is 3.09. The van der Waals surface area contributed by atoms with Gasteiger partial charge in [-0.15, -0.1) is 0 Å². The van der Waals surface area contributed by atoms with E-state index in [1.54, 1.807) is 6.20 Å². The minimum Gasteiger partial charge on any atom is -0.351 e. The van der Waals surface area contributed by atoms with Crippen molar-refractivity contribution in [1.82, 2.24) is 4.98 Å². The highest BCUT2D eigenvalue weighted by molar-refractivity contribution is 5.44. The first-order valence-corrected chi connectivity index (χ1v) is 5.87. The summed E-state index contributed by atoms with van der Waals surface area (Å²) >= 11 is 0. The molecule has 2 rings (SSSR count). The van der Waals surface area contributed by atoms with Crippen LogP contribution in [0.2, 0.25) is 0 Å². The molecule has 0 spiro atoms. The zero-order valence-electron chi connectivity index (χ0n) is 9.85. The largest absolute Gasteiger partial charge is 0.351 e. The van der Waals surface area contributed by atoms with Crippen LogP contribution in [0.25, 0.3) is 0 Å². The van der Waals surface area contributed by atoms with Crippen molar-refractivity contribution in [2.75, 3.05) is 4.90 Å². The van der Waals surface area contributed by atoms with E-state index < -0.39 is 0 Å². The van der Waals surface area contributed by atoms with Gasteiger partial charge in [0.15, 0.2) is 0 Å². The molecular formula is C13H17N3. The quantitative estimate of drug-likeness (QED) is 0.723. The van der Waals surface area contributed by atoms with Crippen LogP contribution in [0.4, 0.5) is 5.82 Å². The van der Waals surface area contributed by atoms with Gasteiger partial charge in [0.25, 0.3) is 0 Å². The van der Waals surface area contributed by atoms with E-state index in [0.29, 0.717) is 17.6 Å². The fraction of sp³-hybridized carbons (Fsp3) is 0.538. The summed E-state index contributed by atoms with van der Waals surface area (Å²) in [5, 5.41) is 8.74. The summed E-state index contributed by atoms with van der Waals surface area (Å²) < 4.78 is 0.